The van der Waals surface area contributed by atoms with E-state index in [2.05, 4.69) is 64.9 Å². The van der Waals surface area contributed by atoms with Crippen LogP contribution in [-0.2, 0) is 6.42 Å². The SMILES string of the molecule is COc1ccc(CC[C@@H]2CN(C3=Nc4ccccc4Nc4sc(C)cc43)CCN2)cc1. The first-order valence-corrected chi connectivity index (χ1v) is 11.7. The number of rotatable bonds is 4. The molecule has 6 heteroatoms. The van der Waals surface area contributed by atoms with E-state index in [-0.39, 0.29) is 0 Å². The standard InChI is InChI=1S/C25H28N4OS/c1-17-15-21-24(27-22-5-3-4-6-23(22)28-25(21)31-17)29-14-13-26-19(16-29)10-7-18-8-11-20(30-2)12-9-18/h3-6,8-9,11-12,15,19,26,28H,7,10,13-14,16H2,1-2H3/t19-/m1/s1. The average Bonchev–Trinajstić information content (AvgIpc) is 3.09. The molecular weight excluding hydrogens is 404 g/mol. The molecular formula is C25H28N4OS. The van der Waals surface area contributed by atoms with E-state index in [9.17, 15) is 0 Å². The van der Waals surface area contributed by atoms with Crippen molar-refractivity contribution in [3.63, 3.8) is 0 Å². The number of hydrogen-bond donors (Lipinski definition) is 2. The predicted octanol–water partition coefficient (Wildman–Crippen LogP) is 5.11. The minimum Gasteiger partial charge on any atom is -0.497 e. The molecule has 3 aromatic rings. The predicted molar refractivity (Wildman–Crippen MR) is 130 cm³/mol. The molecule has 0 unspecified atom stereocenters. The molecule has 5 rings (SSSR count). The van der Waals surface area contributed by atoms with E-state index in [0.717, 1.165) is 55.4 Å². The van der Waals surface area contributed by atoms with Gasteiger partial charge in [-0.3, -0.25) is 0 Å². The van der Waals surface area contributed by atoms with Crippen molar-refractivity contribution < 1.29 is 4.74 Å². The van der Waals surface area contributed by atoms with E-state index < -0.39 is 0 Å². The van der Waals surface area contributed by atoms with E-state index in [1.54, 1.807) is 18.4 Å². The van der Waals surface area contributed by atoms with Gasteiger partial charge < -0.3 is 20.3 Å². The summed E-state index contributed by atoms with van der Waals surface area (Å²) in [6, 6.07) is 19.4. The Kier molecular flexibility index (Phi) is 5.66. The summed E-state index contributed by atoms with van der Waals surface area (Å²) < 4.78 is 5.27. The van der Waals surface area contributed by atoms with Crippen molar-refractivity contribution in [2.75, 3.05) is 32.1 Å². The van der Waals surface area contributed by atoms with Crippen LogP contribution in [0.5, 0.6) is 5.75 Å². The number of aliphatic imine (C=N–C) groups is 1. The summed E-state index contributed by atoms with van der Waals surface area (Å²) >= 11 is 1.80. The highest BCUT2D eigenvalue weighted by Crippen LogP contribution is 2.39. The van der Waals surface area contributed by atoms with Crippen molar-refractivity contribution >= 4 is 33.5 Å². The first-order valence-electron chi connectivity index (χ1n) is 10.9. The normalized spacial score (nSPS) is 17.8. The van der Waals surface area contributed by atoms with E-state index >= 15 is 0 Å². The lowest BCUT2D eigenvalue weighted by Gasteiger charge is -2.36. The van der Waals surface area contributed by atoms with Crippen LogP contribution in [0.1, 0.15) is 22.4 Å². The molecule has 0 spiro atoms. The van der Waals surface area contributed by atoms with Crippen LogP contribution in [-0.4, -0.2) is 43.5 Å². The van der Waals surface area contributed by atoms with Gasteiger partial charge in [0, 0.05) is 30.6 Å². The molecule has 1 aromatic heterocycles. The van der Waals surface area contributed by atoms with Crippen LogP contribution in [0.4, 0.5) is 16.4 Å². The molecule has 0 aliphatic carbocycles. The smallest absolute Gasteiger partial charge is 0.139 e. The van der Waals surface area contributed by atoms with Gasteiger partial charge in [-0.05, 0) is 55.7 Å². The first kappa shape index (κ1) is 20.1. The maximum atomic E-state index is 5.27. The minimum atomic E-state index is 0.438. The fourth-order valence-corrected chi connectivity index (χ4v) is 5.25. The molecule has 0 bridgehead atoms. The third-order valence-corrected chi connectivity index (χ3v) is 6.94. The lowest BCUT2D eigenvalue weighted by molar-refractivity contribution is 0.282. The highest BCUT2D eigenvalue weighted by molar-refractivity contribution is 7.16. The zero-order valence-electron chi connectivity index (χ0n) is 18.0. The number of ether oxygens (including phenoxy) is 1. The quantitative estimate of drug-likeness (QED) is 0.602. The van der Waals surface area contributed by atoms with Crippen molar-refractivity contribution in [1.29, 1.82) is 0 Å². The third-order valence-electron chi connectivity index (χ3n) is 5.97. The van der Waals surface area contributed by atoms with Crippen LogP contribution in [0.2, 0.25) is 0 Å². The topological polar surface area (TPSA) is 48.9 Å². The number of hydrogen-bond acceptors (Lipinski definition) is 6. The van der Waals surface area contributed by atoms with Gasteiger partial charge in [0.1, 0.15) is 16.6 Å². The molecule has 2 N–H and O–H groups in total. The molecule has 0 radical (unpaired) electrons. The van der Waals surface area contributed by atoms with Gasteiger partial charge in [0.05, 0.1) is 24.0 Å². The van der Waals surface area contributed by atoms with E-state index in [1.165, 1.54) is 21.0 Å². The molecule has 3 heterocycles. The van der Waals surface area contributed by atoms with E-state index in [0.29, 0.717) is 6.04 Å². The lowest BCUT2D eigenvalue weighted by Crippen LogP contribution is -2.52. The maximum absolute atomic E-state index is 5.27. The van der Waals surface area contributed by atoms with Crippen LogP contribution in [0.3, 0.4) is 0 Å². The Bertz CT molecular complexity index is 1090. The number of aryl methyl sites for hydroxylation is 2. The third kappa shape index (κ3) is 4.31. The fourth-order valence-electron chi connectivity index (χ4n) is 4.33. The van der Waals surface area contributed by atoms with Crippen molar-refractivity contribution in [3.8, 4) is 5.75 Å². The van der Waals surface area contributed by atoms with Crippen LogP contribution in [0.25, 0.3) is 0 Å². The number of piperazine rings is 1. The fraction of sp³-hybridized carbons (Fsp3) is 0.320. The summed E-state index contributed by atoms with van der Waals surface area (Å²) in [5, 5.41) is 8.51. The molecule has 2 aliphatic rings. The van der Waals surface area contributed by atoms with Crippen LogP contribution < -0.4 is 15.4 Å². The Morgan fingerprint density at radius 1 is 1.16 bits per heavy atom. The van der Waals surface area contributed by atoms with Gasteiger partial charge in [-0.15, -0.1) is 11.3 Å². The average molecular weight is 433 g/mol. The van der Waals surface area contributed by atoms with Crippen LogP contribution in [0, 0.1) is 6.92 Å². The number of fused-ring (bicyclic) bond motifs is 2. The van der Waals surface area contributed by atoms with Gasteiger partial charge >= 0.3 is 0 Å². The van der Waals surface area contributed by atoms with Crippen molar-refractivity contribution in [1.82, 2.24) is 10.2 Å². The second-order valence-corrected chi connectivity index (χ2v) is 9.42. The second-order valence-electron chi connectivity index (χ2n) is 8.16. The summed E-state index contributed by atoms with van der Waals surface area (Å²) in [7, 11) is 1.71. The summed E-state index contributed by atoms with van der Waals surface area (Å²) in [6.07, 6.45) is 2.15. The van der Waals surface area contributed by atoms with Gasteiger partial charge in [0.2, 0.25) is 0 Å². The number of amidine groups is 1. The zero-order chi connectivity index (χ0) is 21.2. The molecule has 1 atom stereocenters. The molecule has 5 nitrogen and oxygen atoms in total. The molecule has 0 amide bonds. The molecule has 1 saturated heterocycles. The summed E-state index contributed by atoms with van der Waals surface area (Å²) in [5.41, 5.74) is 4.65. The highest BCUT2D eigenvalue weighted by atomic mass is 32.1. The summed E-state index contributed by atoms with van der Waals surface area (Å²) in [4.78, 5) is 8.90. The number of nitrogens with zero attached hydrogens (tertiary/aromatic N) is 2. The molecule has 160 valence electrons. The van der Waals surface area contributed by atoms with Gasteiger partial charge in [-0.2, -0.15) is 0 Å². The minimum absolute atomic E-state index is 0.438. The largest absolute Gasteiger partial charge is 0.497 e. The van der Waals surface area contributed by atoms with E-state index in [4.69, 9.17) is 9.73 Å². The van der Waals surface area contributed by atoms with E-state index in [1.807, 2.05) is 12.1 Å². The van der Waals surface area contributed by atoms with Crippen LogP contribution >= 0.6 is 11.3 Å². The van der Waals surface area contributed by atoms with Gasteiger partial charge in [0.25, 0.3) is 0 Å². The summed E-state index contributed by atoms with van der Waals surface area (Å²) in [5.74, 6) is 2.00. The molecule has 31 heavy (non-hydrogen) atoms. The van der Waals surface area contributed by atoms with Crippen molar-refractivity contribution in [2.24, 2.45) is 4.99 Å². The summed E-state index contributed by atoms with van der Waals surface area (Å²) in [6.45, 7) is 5.07. The van der Waals surface area contributed by atoms with Crippen molar-refractivity contribution in [2.45, 2.75) is 25.8 Å². The Hall–Kier alpha value is -2.83. The first-order chi connectivity index (χ1) is 15.2. The lowest BCUT2D eigenvalue weighted by atomic mass is 10.0. The highest BCUT2D eigenvalue weighted by Gasteiger charge is 2.27. The van der Waals surface area contributed by atoms with Gasteiger partial charge in [-0.1, -0.05) is 24.3 Å². The zero-order valence-corrected chi connectivity index (χ0v) is 18.8. The number of para-hydroxylation sites is 2. The Labute approximate surface area is 187 Å². The van der Waals surface area contributed by atoms with Crippen molar-refractivity contribution in [3.05, 3.63) is 70.6 Å². The monoisotopic (exact) mass is 432 g/mol. The maximum Gasteiger partial charge on any atom is 0.139 e. The molecule has 2 aliphatic heterocycles. The molecule has 2 aromatic carbocycles. The number of nitrogens with one attached hydrogen (secondary N) is 2. The Morgan fingerprint density at radius 3 is 2.84 bits per heavy atom. The number of benzene rings is 2. The number of methoxy groups -OCH3 is 1. The van der Waals surface area contributed by atoms with Gasteiger partial charge in [-0.25, -0.2) is 4.99 Å². The Balaban J connectivity index is 1.35. The van der Waals surface area contributed by atoms with Gasteiger partial charge in [0.15, 0.2) is 0 Å². The molecule has 0 saturated carbocycles. The van der Waals surface area contributed by atoms with Crippen LogP contribution in [0.15, 0.2) is 59.6 Å². The number of thiophene rings is 1. The Morgan fingerprint density at radius 2 is 2.00 bits per heavy atom. The number of anilines is 2. The molecule has 1 fully saturated rings. The second kappa shape index (κ2) is 8.73.